The largest absolute Gasteiger partial charge is 0.390 e. The number of ether oxygens (including phenoxy) is 1. The molecule has 146 valence electrons. The smallest absolute Gasteiger partial charge is 0.381 e. The van der Waals surface area contributed by atoms with E-state index in [1.54, 1.807) is 0 Å². The summed E-state index contributed by atoms with van der Waals surface area (Å²) in [4.78, 5) is 4.59. The average molecular weight is 436 g/mol. The number of hydrogen-bond acceptors (Lipinski definition) is 2. The molecule has 1 aromatic rings. The van der Waals surface area contributed by atoms with Crippen LogP contribution in [0.15, 0.2) is 33.7 Å². The third-order valence-corrected chi connectivity index (χ3v) is 5.02. The van der Waals surface area contributed by atoms with Crippen molar-refractivity contribution in [3.8, 4) is 0 Å². The lowest BCUT2D eigenvalue weighted by Crippen LogP contribution is -2.42. The average Bonchev–Trinajstić information content (AvgIpc) is 2.60. The van der Waals surface area contributed by atoms with Crippen molar-refractivity contribution in [2.75, 3.05) is 32.8 Å². The Morgan fingerprint density at radius 3 is 2.42 bits per heavy atom. The molecule has 8 heteroatoms. The highest BCUT2D eigenvalue weighted by Gasteiger charge is 2.34. The maximum absolute atomic E-state index is 12.4. The summed E-state index contributed by atoms with van der Waals surface area (Å²) in [6.45, 7) is 4.10. The summed E-state index contributed by atoms with van der Waals surface area (Å²) in [6.07, 6.45) is -3.40. The molecule has 0 amide bonds. The zero-order valence-corrected chi connectivity index (χ0v) is 16.4. The minimum absolute atomic E-state index is 0.161. The maximum Gasteiger partial charge on any atom is 0.390 e. The van der Waals surface area contributed by atoms with Gasteiger partial charge in [-0.1, -0.05) is 28.1 Å². The van der Waals surface area contributed by atoms with Crippen molar-refractivity contribution < 1.29 is 17.9 Å². The summed E-state index contributed by atoms with van der Waals surface area (Å²) >= 11 is 3.45. The van der Waals surface area contributed by atoms with Crippen molar-refractivity contribution in [1.29, 1.82) is 0 Å². The highest BCUT2D eigenvalue weighted by molar-refractivity contribution is 9.10. The van der Waals surface area contributed by atoms with Gasteiger partial charge in [0.2, 0.25) is 0 Å². The van der Waals surface area contributed by atoms with Crippen molar-refractivity contribution in [1.82, 2.24) is 10.6 Å². The molecule has 1 fully saturated rings. The summed E-state index contributed by atoms with van der Waals surface area (Å²) in [5.41, 5.74) is 1.02. The van der Waals surface area contributed by atoms with E-state index in [1.807, 2.05) is 19.1 Å². The molecule has 0 saturated carbocycles. The second-order valence-electron chi connectivity index (χ2n) is 6.39. The van der Waals surface area contributed by atoms with Crippen LogP contribution in [0.5, 0.6) is 0 Å². The number of rotatable bonds is 6. The molecular formula is C18H25BrF3N3O. The molecule has 26 heavy (non-hydrogen) atoms. The number of hydrogen-bond donors (Lipinski definition) is 2. The molecule has 0 radical (unpaired) electrons. The van der Waals surface area contributed by atoms with E-state index in [2.05, 4.69) is 43.7 Å². The molecular weight excluding hydrogens is 411 g/mol. The zero-order chi connectivity index (χ0) is 19.0. The van der Waals surface area contributed by atoms with Crippen LogP contribution in [0, 0.1) is 0 Å². The molecule has 4 nitrogen and oxygen atoms in total. The van der Waals surface area contributed by atoms with Crippen LogP contribution in [0.4, 0.5) is 13.2 Å². The van der Waals surface area contributed by atoms with E-state index in [0.717, 1.165) is 17.3 Å². The van der Waals surface area contributed by atoms with Gasteiger partial charge in [-0.3, -0.25) is 4.99 Å². The highest BCUT2D eigenvalue weighted by atomic mass is 79.9. The number of aliphatic imine (C=N–C) groups is 1. The third kappa shape index (κ3) is 6.46. The lowest BCUT2D eigenvalue weighted by molar-refractivity contribution is -0.132. The van der Waals surface area contributed by atoms with Gasteiger partial charge in [0.1, 0.15) is 0 Å². The number of halogens is 4. The Hall–Kier alpha value is -1.28. The maximum atomic E-state index is 12.4. The van der Waals surface area contributed by atoms with Crippen molar-refractivity contribution in [2.45, 2.75) is 37.8 Å². The van der Waals surface area contributed by atoms with Crippen molar-refractivity contribution in [3.05, 3.63) is 34.3 Å². The summed E-state index contributed by atoms with van der Waals surface area (Å²) < 4.78 is 43.6. The van der Waals surface area contributed by atoms with Crippen LogP contribution in [0.3, 0.4) is 0 Å². The Morgan fingerprint density at radius 2 is 1.85 bits per heavy atom. The fourth-order valence-electron chi connectivity index (χ4n) is 3.00. The van der Waals surface area contributed by atoms with E-state index in [1.165, 1.54) is 5.56 Å². The van der Waals surface area contributed by atoms with Gasteiger partial charge in [0.15, 0.2) is 5.96 Å². The summed E-state index contributed by atoms with van der Waals surface area (Å²) in [6, 6.07) is 8.16. The van der Waals surface area contributed by atoms with E-state index < -0.39 is 12.6 Å². The Labute approximate surface area is 160 Å². The van der Waals surface area contributed by atoms with Gasteiger partial charge in [0.05, 0.1) is 13.0 Å². The monoisotopic (exact) mass is 435 g/mol. The molecule has 0 aromatic heterocycles. The number of benzene rings is 1. The third-order valence-electron chi connectivity index (χ3n) is 4.49. The van der Waals surface area contributed by atoms with Crippen LogP contribution in [0.25, 0.3) is 0 Å². The van der Waals surface area contributed by atoms with Crippen molar-refractivity contribution >= 4 is 21.9 Å². The lowest BCUT2D eigenvalue weighted by atomic mass is 9.74. The first-order chi connectivity index (χ1) is 12.3. The van der Waals surface area contributed by atoms with Gasteiger partial charge < -0.3 is 15.4 Å². The van der Waals surface area contributed by atoms with Crippen LogP contribution in [0.2, 0.25) is 0 Å². The molecule has 1 aliphatic rings. The predicted molar refractivity (Wildman–Crippen MR) is 101 cm³/mol. The molecule has 0 aliphatic carbocycles. The summed E-state index contributed by atoms with van der Waals surface area (Å²) in [5, 5.41) is 5.79. The number of guanidine groups is 1. The van der Waals surface area contributed by atoms with Crippen LogP contribution in [-0.4, -0.2) is 45.0 Å². The van der Waals surface area contributed by atoms with Gasteiger partial charge >= 0.3 is 6.18 Å². The molecule has 0 unspecified atom stereocenters. The molecule has 1 aromatic carbocycles. The minimum atomic E-state index is -4.18. The molecule has 2 N–H and O–H groups in total. The first kappa shape index (κ1) is 21.0. The zero-order valence-electron chi connectivity index (χ0n) is 14.8. The SMILES string of the molecule is CCNC(=NCC1(c2ccc(Br)cc2)CCOCC1)NCCC(F)(F)F. The topological polar surface area (TPSA) is 45.7 Å². The van der Waals surface area contributed by atoms with E-state index in [-0.39, 0.29) is 12.0 Å². The van der Waals surface area contributed by atoms with Gasteiger partial charge in [-0.05, 0) is 37.5 Å². The first-order valence-electron chi connectivity index (χ1n) is 8.77. The number of nitrogens with one attached hydrogen (secondary N) is 2. The standard InChI is InChI=1S/C18H25BrF3N3O/c1-2-23-16(24-10-7-18(20,21)22)25-13-17(8-11-26-12-9-17)14-3-5-15(19)6-4-14/h3-6H,2,7-13H2,1H3,(H2,23,24,25). The van der Waals surface area contributed by atoms with E-state index in [0.29, 0.717) is 32.3 Å². The Balaban J connectivity index is 2.11. The number of nitrogens with zero attached hydrogens (tertiary/aromatic N) is 1. The Kier molecular flexibility index (Phi) is 7.76. The van der Waals surface area contributed by atoms with Crippen LogP contribution in [-0.2, 0) is 10.2 Å². The van der Waals surface area contributed by atoms with Crippen molar-refractivity contribution in [3.63, 3.8) is 0 Å². The lowest BCUT2D eigenvalue weighted by Gasteiger charge is -2.36. The molecule has 1 aliphatic heterocycles. The predicted octanol–water partition coefficient (Wildman–Crippen LogP) is 4.00. The highest BCUT2D eigenvalue weighted by Crippen LogP contribution is 2.35. The fraction of sp³-hybridized carbons (Fsp3) is 0.611. The van der Waals surface area contributed by atoms with E-state index in [9.17, 15) is 13.2 Å². The summed E-state index contributed by atoms with van der Waals surface area (Å²) in [5.74, 6) is 0.416. The molecule has 0 atom stereocenters. The minimum Gasteiger partial charge on any atom is -0.381 e. The Bertz CT molecular complexity index is 584. The van der Waals surface area contributed by atoms with Crippen LogP contribution < -0.4 is 10.6 Å². The van der Waals surface area contributed by atoms with Gasteiger partial charge in [0.25, 0.3) is 0 Å². The second kappa shape index (κ2) is 9.60. The second-order valence-corrected chi connectivity index (χ2v) is 7.30. The molecule has 0 spiro atoms. The van der Waals surface area contributed by atoms with Gasteiger partial charge in [-0.15, -0.1) is 0 Å². The van der Waals surface area contributed by atoms with Crippen LogP contribution in [0.1, 0.15) is 31.7 Å². The molecule has 1 saturated heterocycles. The van der Waals surface area contributed by atoms with Gasteiger partial charge in [-0.25, -0.2) is 0 Å². The molecule has 1 heterocycles. The molecule has 2 rings (SSSR count). The van der Waals surface area contributed by atoms with Gasteiger partial charge in [-0.2, -0.15) is 13.2 Å². The summed E-state index contributed by atoms with van der Waals surface area (Å²) in [7, 11) is 0. The fourth-order valence-corrected chi connectivity index (χ4v) is 3.26. The van der Waals surface area contributed by atoms with Crippen LogP contribution >= 0.6 is 15.9 Å². The quantitative estimate of drug-likeness (QED) is 0.524. The Morgan fingerprint density at radius 1 is 1.19 bits per heavy atom. The van der Waals surface area contributed by atoms with E-state index >= 15 is 0 Å². The molecule has 0 bridgehead atoms. The first-order valence-corrected chi connectivity index (χ1v) is 9.57. The van der Waals surface area contributed by atoms with Crippen molar-refractivity contribution in [2.24, 2.45) is 4.99 Å². The van der Waals surface area contributed by atoms with E-state index in [4.69, 9.17) is 4.74 Å². The number of alkyl halides is 3. The van der Waals surface area contributed by atoms with Gasteiger partial charge in [0, 0.05) is 36.2 Å². The normalized spacial score (nSPS) is 17.8.